The van der Waals surface area contributed by atoms with Gasteiger partial charge in [0.05, 0.1) is 11.2 Å². The van der Waals surface area contributed by atoms with Crippen LogP contribution in [0.25, 0.3) is 0 Å². The van der Waals surface area contributed by atoms with Crippen molar-refractivity contribution < 1.29 is 12.8 Å². The lowest BCUT2D eigenvalue weighted by Gasteiger charge is -2.18. The Morgan fingerprint density at radius 2 is 1.95 bits per heavy atom. The number of aryl methyl sites for hydroxylation is 2. The summed E-state index contributed by atoms with van der Waals surface area (Å²) in [6.07, 6.45) is 1.56. The SMILES string of the molecule is Cc1ccc(S(=O)(=O)N(C)Cc2ccoc2C)c(Br)c1. The second-order valence-corrected chi connectivity index (χ2v) is 7.56. The van der Waals surface area contributed by atoms with Gasteiger partial charge in [0.2, 0.25) is 10.0 Å². The van der Waals surface area contributed by atoms with Crippen LogP contribution in [0.3, 0.4) is 0 Å². The minimum absolute atomic E-state index is 0.270. The second kappa shape index (κ2) is 5.71. The molecule has 0 atom stereocenters. The van der Waals surface area contributed by atoms with Crippen molar-refractivity contribution in [2.24, 2.45) is 0 Å². The van der Waals surface area contributed by atoms with Gasteiger partial charge in [-0.05, 0) is 53.5 Å². The van der Waals surface area contributed by atoms with E-state index in [-0.39, 0.29) is 11.4 Å². The third kappa shape index (κ3) is 2.97. The Bertz CT molecular complexity index is 722. The fourth-order valence-electron chi connectivity index (χ4n) is 1.88. The largest absolute Gasteiger partial charge is 0.469 e. The van der Waals surface area contributed by atoms with Gasteiger partial charge in [-0.3, -0.25) is 0 Å². The predicted octanol–water partition coefficient (Wildman–Crippen LogP) is 3.48. The van der Waals surface area contributed by atoms with Gasteiger partial charge in [-0.15, -0.1) is 0 Å². The summed E-state index contributed by atoms with van der Waals surface area (Å²) in [5, 5.41) is 0. The molecule has 0 amide bonds. The number of hydrogen-bond donors (Lipinski definition) is 0. The predicted molar refractivity (Wildman–Crippen MR) is 81.0 cm³/mol. The number of sulfonamides is 1. The molecule has 0 bridgehead atoms. The van der Waals surface area contributed by atoms with Crippen molar-refractivity contribution in [3.05, 3.63) is 51.9 Å². The van der Waals surface area contributed by atoms with Crippen molar-refractivity contribution in [1.82, 2.24) is 4.31 Å². The summed E-state index contributed by atoms with van der Waals surface area (Å²) < 4.78 is 32.2. The zero-order valence-corrected chi connectivity index (χ0v) is 14.0. The molecule has 0 N–H and O–H groups in total. The first-order valence-corrected chi connectivity index (χ1v) is 8.31. The van der Waals surface area contributed by atoms with Crippen LogP contribution in [0.5, 0.6) is 0 Å². The topological polar surface area (TPSA) is 50.5 Å². The third-order valence-corrected chi connectivity index (χ3v) is 5.91. The van der Waals surface area contributed by atoms with Gasteiger partial charge >= 0.3 is 0 Å². The van der Waals surface area contributed by atoms with Gasteiger partial charge in [-0.1, -0.05) is 6.07 Å². The van der Waals surface area contributed by atoms with E-state index in [1.165, 1.54) is 4.31 Å². The van der Waals surface area contributed by atoms with Crippen LogP contribution in [0.4, 0.5) is 0 Å². The molecule has 20 heavy (non-hydrogen) atoms. The van der Waals surface area contributed by atoms with Crippen molar-refractivity contribution in [3.8, 4) is 0 Å². The fraction of sp³-hybridized carbons (Fsp3) is 0.286. The Kier molecular flexibility index (Phi) is 4.36. The van der Waals surface area contributed by atoms with Crippen LogP contribution in [0.1, 0.15) is 16.9 Å². The van der Waals surface area contributed by atoms with Gasteiger partial charge in [-0.2, -0.15) is 4.31 Å². The zero-order valence-electron chi connectivity index (χ0n) is 11.6. The summed E-state index contributed by atoms with van der Waals surface area (Å²) in [6.45, 7) is 4.02. The number of nitrogens with zero attached hydrogens (tertiary/aromatic N) is 1. The highest BCUT2D eigenvalue weighted by Crippen LogP contribution is 2.26. The van der Waals surface area contributed by atoms with E-state index in [1.54, 1.807) is 37.6 Å². The summed E-state index contributed by atoms with van der Waals surface area (Å²) in [4.78, 5) is 0.270. The maximum atomic E-state index is 12.6. The summed E-state index contributed by atoms with van der Waals surface area (Å²) >= 11 is 3.32. The number of rotatable bonds is 4. The molecule has 4 nitrogen and oxygen atoms in total. The monoisotopic (exact) mass is 357 g/mol. The number of benzene rings is 1. The average Bonchev–Trinajstić information content (AvgIpc) is 2.74. The van der Waals surface area contributed by atoms with E-state index in [9.17, 15) is 8.42 Å². The van der Waals surface area contributed by atoms with E-state index < -0.39 is 10.0 Å². The summed E-state index contributed by atoms with van der Waals surface area (Å²) in [5.74, 6) is 0.732. The Hall–Kier alpha value is -1.11. The molecule has 1 heterocycles. The second-order valence-electron chi connectivity index (χ2n) is 4.70. The van der Waals surface area contributed by atoms with Crippen LogP contribution in [0.15, 0.2) is 44.3 Å². The highest BCUT2D eigenvalue weighted by Gasteiger charge is 2.24. The van der Waals surface area contributed by atoms with Crippen molar-refractivity contribution in [3.63, 3.8) is 0 Å². The molecule has 2 aromatic rings. The lowest BCUT2D eigenvalue weighted by molar-refractivity contribution is 0.458. The molecule has 6 heteroatoms. The molecule has 0 aliphatic heterocycles. The van der Waals surface area contributed by atoms with Gasteiger partial charge in [0, 0.05) is 23.6 Å². The molecule has 1 aromatic carbocycles. The van der Waals surface area contributed by atoms with Gasteiger partial charge in [0.25, 0.3) is 0 Å². The molecule has 108 valence electrons. The molecule has 0 aliphatic rings. The normalized spacial score (nSPS) is 12.1. The lowest BCUT2D eigenvalue weighted by atomic mass is 10.2. The van der Waals surface area contributed by atoms with Gasteiger partial charge in [-0.25, -0.2) is 8.42 Å². The minimum atomic E-state index is -3.53. The van der Waals surface area contributed by atoms with Crippen LogP contribution in [0.2, 0.25) is 0 Å². The Morgan fingerprint density at radius 3 is 2.50 bits per heavy atom. The molecule has 0 radical (unpaired) electrons. The molecule has 1 aromatic heterocycles. The smallest absolute Gasteiger partial charge is 0.244 e. The first kappa shape index (κ1) is 15.3. The number of halogens is 1. The van der Waals surface area contributed by atoms with Crippen LogP contribution < -0.4 is 0 Å². The number of hydrogen-bond acceptors (Lipinski definition) is 3. The van der Waals surface area contributed by atoms with Gasteiger partial charge in [0.15, 0.2) is 0 Å². The van der Waals surface area contributed by atoms with E-state index in [2.05, 4.69) is 15.9 Å². The molecule has 0 saturated heterocycles. The minimum Gasteiger partial charge on any atom is -0.469 e. The quantitative estimate of drug-likeness (QED) is 0.841. The van der Waals surface area contributed by atoms with Gasteiger partial charge < -0.3 is 4.42 Å². The van der Waals surface area contributed by atoms with Crippen LogP contribution >= 0.6 is 15.9 Å². The van der Waals surface area contributed by atoms with Gasteiger partial charge in [0.1, 0.15) is 5.76 Å². The molecular formula is C14H16BrNO3S. The lowest BCUT2D eigenvalue weighted by Crippen LogP contribution is -2.26. The molecule has 0 spiro atoms. The third-order valence-electron chi connectivity index (χ3n) is 3.13. The first-order valence-electron chi connectivity index (χ1n) is 6.08. The van der Waals surface area contributed by atoms with Crippen molar-refractivity contribution >= 4 is 26.0 Å². The van der Waals surface area contributed by atoms with Crippen LogP contribution in [0, 0.1) is 13.8 Å². The van der Waals surface area contributed by atoms with E-state index in [1.807, 2.05) is 13.8 Å². The first-order chi connectivity index (χ1) is 9.32. The zero-order chi connectivity index (χ0) is 14.9. The summed E-state index contributed by atoms with van der Waals surface area (Å²) in [5.41, 5.74) is 1.86. The molecular weight excluding hydrogens is 342 g/mol. The Morgan fingerprint density at radius 1 is 1.25 bits per heavy atom. The molecule has 0 fully saturated rings. The molecule has 2 rings (SSSR count). The highest BCUT2D eigenvalue weighted by molar-refractivity contribution is 9.10. The molecule has 0 aliphatic carbocycles. The van der Waals surface area contributed by atoms with Crippen molar-refractivity contribution in [2.45, 2.75) is 25.3 Å². The van der Waals surface area contributed by atoms with E-state index >= 15 is 0 Å². The van der Waals surface area contributed by atoms with E-state index in [0.29, 0.717) is 4.47 Å². The fourth-order valence-corrected chi connectivity index (χ4v) is 4.18. The van der Waals surface area contributed by atoms with Crippen molar-refractivity contribution in [2.75, 3.05) is 7.05 Å². The molecule has 0 saturated carbocycles. The Balaban J connectivity index is 2.32. The number of furan rings is 1. The maximum absolute atomic E-state index is 12.6. The molecule has 0 unspecified atom stereocenters. The van der Waals surface area contributed by atoms with Crippen LogP contribution in [-0.2, 0) is 16.6 Å². The van der Waals surface area contributed by atoms with Crippen molar-refractivity contribution in [1.29, 1.82) is 0 Å². The average molecular weight is 358 g/mol. The van der Waals surface area contributed by atoms with E-state index in [0.717, 1.165) is 16.9 Å². The Labute approximate surface area is 127 Å². The summed E-state index contributed by atoms with van der Waals surface area (Å²) in [7, 11) is -1.97. The maximum Gasteiger partial charge on any atom is 0.244 e. The summed E-state index contributed by atoms with van der Waals surface area (Å²) in [6, 6.07) is 6.98. The highest BCUT2D eigenvalue weighted by atomic mass is 79.9. The standard InChI is InChI=1S/C14H16BrNO3S/c1-10-4-5-14(13(15)8-10)20(17,18)16(3)9-12-6-7-19-11(12)2/h4-8H,9H2,1-3H3. The van der Waals surface area contributed by atoms with Crippen LogP contribution in [-0.4, -0.2) is 19.8 Å². The van der Waals surface area contributed by atoms with E-state index in [4.69, 9.17) is 4.42 Å².